The van der Waals surface area contributed by atoms with E-state index in [0.29, 0.717) is 10.4 Å². The number of alkyl halides is 1. The van der Waals surface area contributed by atoms with Crippen LogP contribution in [0.25, 0.3) is 0 Å². The zero-order valence-corrected chi connectivity index (χ0v) is 8.55. The Morgan fingerprint density at radius 1 is 1.58 bits per heavy atom. The number of hydrogen-bond acceptors (Lipinski definition) is 2. The summed E-state index contributed by atoms with van der Waals surface area (Å²) in [7, 11) is 0. The van der Waals surface area contributed by atoms with Gasteiger partial charge in [-0.1, -0.05) is 44.8 Å². The normalized spacial score (nSPS) is 12.5. The summed E-state index contributed by atoms with van der Waals surface area (Å²) in [6, 6.07) is 6.80. The molecular weight excluding hydrogens is 241 g/mol. The van der Waals surface area contributed by atoms with Gasteiger partial charge in [-0.3, -0.25) is 0 Å². The largest absolute Gasteiger partial charge is 0.150 e. The fraction of sp³-hybridized carbons (Fsp3) is 0.250. The molecule has 1 unspecified atom stereocenters. The average molecular weight is 249 g/mol. The lowest BCUT2D eigenvalue weighted by molar-refractivity contribution is 0.831. The lowest BCUT2D eigenvalue weighted by atomic mass is 10.1. The molecule has 0 bridgehead atoms. The smallest absolute Gasteiger partial charge is 0.127 e. The van der Waals surface area contributed by atoms with Crippen LogP contribution >= 0.6 is 27.5 Å². The summed E-state index contributed by atoms with van der Waals surface area (Å²) in [5, 5.41) is 4.11. The fourth-order valence-electron chi connectivity index (χ4n) is 0.892. The molecule has 0 saturated heterocycles. The molecule has 0 amide bonds. The van der Waals surface area contributed by atoms with Gasteiger partial charge in [0.25, 0.3) is 0 Å². The van der Waals surface area contributed by atoms with E-state index in [1.54, 1.807) is 18.2 Å². The van der Waals surface area contributed by atoms with Gasteiger partial charge in [0.2, 0.25) is 0 Å². The quantitative estimate of drug-likeness (QED) is 0.594. The first kappa shape index (κ1) is 9.68. The monoisotopic (exact) mass is 247 g/mol. The van der Waals surface area contributed by atoms with Crippen molar-refractivity contribution >= 4 is 27.5 Å². The Bertz CT molecular complexity index is 280. The van der Waals surface area contributed by atoms with Gasteiger partial charge in [0.15, 0.2) is 0 Å². The van der Waals surface area contributed by atoms with Crippen molar-refractivity contribution < 1.29 is 0 Å². The molecule has 64 valence electrons. The van der Waals surface area contributed by atoms with Crippen molar-refractivity contribution in [3.8, 4) is 0 Å². The number of nitroso groups, excluding NO2 is 1. The third-order valence-corrected chi connectivity index (χ3v) is 2.36. The molecule has 0 heterocycles. The van der Waals surface area contributed by atoms with Crippen LogP contribution in [-0.2, 0) is 0 Å². The highest BCUT2D eigenvalue weighted by molar-refractivity contribution is 9.09. The van der Waals surface area contributed by atoms with E-state index < -0.39 is 0 Å². The molecule has 0 N–H and O–H groups in total. The summed E-state index contributed by atoms with van der Waals surface area (Å²) in [5.74, 6) is 0. The maximum absolute atomic E-state index is 10.3. The van der Waals surface area contributed by atoms with Gasteiger partial charge < -0.3 is 0 Å². The first-order valence-corrected chi connectivity index (χ1v) is 4.91. The molecule has 0 saturated carbocycles. The van der Waals surface area contributed by atoms with Crippen LogP contribution in [0, 0.1) is 4.91 Å². The summed E-state index contributed by atoms with van der Waals surface area (Å²) in [4.78, 5) is 10.3. The van der Waals surface area contributed by atoms with Gasteiger partial charge in [-0.05, 0) is 17.7 Å². The third kappa shape index (κ3) is 2.29. The second-order valence-corrected chi connectivity index (χ2v) is 3.41. The van der Waals surface area contributed by atoms with Gasteiger partial charge in [0.1, 0.15) is 6.04 Å². The maximum Gasteiger partial charge on any atom is 0.127 e. The predicted octanol–water partition coefficient (Wildman–Crippen LogP) is 3.54. The molecule has 4 heteroatoms. The second kappa shape index (κ2) is 4.58. The van der Waals surface area contributed by atoms with Crippen LogP contribution in [0.1, 0.15) is 11.6 Å². The van der Waals surface area contributed by atoms with E-state index >= 15 is 0 Å². The number of halogens is 2. The van der Waals surface area contributed by atoms with Crippen LogP contribution in [0.15, 0.2) is 29.4 Å². The minimum absolute atomic E-state index is 0.344. The number of nitrogens with zero attached hydrogens (tertiary/aromatic N) is 1. The van der Waals surface area contributed by atoms with E-state index in [1.165, 1.54) is 0 Å². The Morgan fingerprint density at radius 3 is 2.83 bits per heavy atom. The van der Waals surface area contributed by atoms with Crippen LogP contribution in [0.3, 0.4) is 0 Å². The number of hydrogen-bond donors (Lipinski definition) is 0. The molecule has 0 aromatic heterocycles. The van der Waals surface area contributed by atoms with Crippen molar-refractivity contribution in [2.24, 2.45) is 5.18 Å². The summed E-state index contributed by atoms with van der Waals surface area (Å²) in [6.07, 6.45) is 0. The molecule has 0 aliphatic carbocycles. The minimum Gasteiger partial charge on any atom is -0.150 e. The van der Waals surface area contributed by atoms with Gasteiger partial charge in [-0.2, -0.15) is 4.91 Å². The topological polar surface area (TPSA) is 29.4 Å². The molecule has 2 nitrogen and oxygen atoms in total. The summed E-state index contributed by atoms with van der Waals surface area (Å²) in [6.45, 7) is 0. The summed E-state index contributed by atoms with van der Waals surface area (Å²) < 4.78 is 0. The van der Waals surface area contributed by atoms with E-state index in [2.05, 4.69) is 21.1 Å². The molecular formula is C8H7BrClNO. The minimum atomic E-state index is -0.344. The molecule has 1 aromatic carbocycles. The second-order valence-electron chi connectivity index (χ2n) is 2.33. The van der Waals surface area contributed by atoms with Gasteiger partial charge in [-0.15, -0.1) is 0 Å². The van der Waals surface area contributed by atoms with Gasteiger partial charge in [0, 0.05) is 10.4 Å². The molecule has 0 aliphatic rings. The summed E-state index contributed by atoms with van der Waals surface area (Å²) >= 11 is 8.94. The Balaban J connectivity index is 2.93. The van der Waals surface area contributed by atoms with Gasteiger partial charge in [-0.25, -0.2) is 0 Å². The molecule has 12 heavy (non-hydrogen) atoms. The highest BCUT2D eigenvalue weighted by Crippen LogP contribution is 2.22. The van der Waals surface area contributed by atoms with Gasteiger partial charge >= 0.3 is 0 Å². The summed E-state index contributed by atoms with van der Waals surface area (Å²) in [5.41, 5.74) is 0.842. The zero-order chi connectivity index (χ0) is 8.97. The zero-order valence-electron chi connectivity index (χ0n) is 6.21. The fourth-order valence-corrected chi connectivity index (χ4v) is 1.58. The number of rotatable bonds is 3. The van der Waals surface area contributed by atoms with Crippen molar-refractivity contribution in [3.63, 3.8) is 0 Å². The van der Waals surface area contributed by atoms with Crippen LogP contribution in [0.5, 0.6) is 0 Å². The Hall–Kier alpha value is -0.410. The van der Waals surface area contributed by atoms with Crippen molar-refractivity contribution in [1.29, 1.82) is 0 Å². The lowest BCUT2D eigenvalue weighted by Gasteiger charge is -2.04. The SMILES string of the molecule is O=NC(CBr)c1cccc(Cl)c1. The van der Waals surface area contributed by atoms with E-state index in [1.807, 2.05) is 6.07 Å². The maximum atomic E-state index is 10.3. The Labute approximate surface area is 84.0 Å². The molecule has 0 radical (unpaired) electrons. The predicted molar refractivity (Wildman–Crippen MR) is 53.8 cm³/mol. The van der Waals surface area contributed by atoms with E-state index in [0.717, 1.165) is 5.56 Å². The Morgan fingerprint density at radius 2 is 2.33 bits per heavy atom. The van der Waals surface area contributed by atoms with Crippen molar-refractivity contribution in [3.05, 3.63) is 39.8 Å². The lowest BCUT2D eigenvalue weighted by Crippen LogP contribution is -1.94. The van der Waals surface area contributed by atoms with E-state index in [-0.39, 0.29) is 6.04 Å². The van der Waals surface area contributed by atoms with Crippen molar-refractivity contribution in [2.45, 2.75) is 6.04 Å². The average Bonchev–Trinajstić information content (AvgIpc) is 2.07. The number of benzene rings is 1. The van der Waals surface area contributed by atoms with E-state index in [9.17, 15) is 4.91 Å². The van der Waals surface area contributed by atoms with E-state index in [4.69, 9.17) is 11.6 Å². The highest BCUT2D eigenvalue weighted by Gasteiger charge is 2.09. The van der Waals surface area contributed by atoms with Crippen LogP contribution in [0.4, 0.5) is 0 Å². The molecule has 1 rings (SSSR count). The van der Waals surface area contributed by atoms with Crippen molar-refractivity contribution in [1.82, 2.24) is 0 Å². The molecule has 0 fully saturated rings. The van der Waals surface area contributed by atoms with Gasteiger partial charge in [0.05, 0.1) is 0 Å². The standard InChI is InChI=1S/C8H7BrClNO/c9-5-8(11-12)6-2-1-3-7(10)4-6/h1-4,8H,5H2. The molecule has 1 aromatic rings. The highest BCUT2D eigenvalue weighted by atomic mass is 79.9. The van der Waals surface area contributed by atoms with Crippen LogP contribution in [0.2, 0.25) is 5.02 Å². The van der Waals surface area contributed by atoms with Crippen LogP contribution < -0.4 is 0 Å². The Kier molecular flexibility index (Phi) is 3.69. The molecule has 1 atom stereocenters. The van der Waals surface area contributed by atoms with Crippen LogP contribution in [-0.4, -0.2) is 5.33 Å². The first-order chi connectivity index (χ1) is 5.77. The van der Waals surface area contributed by atoms with Crippen molar-refractivity contribution in [2.75, 3.05) is 5.33 Å². The third-order valence-electron chi connectivity index (χ3n) is 1.51. The first-order valence-electron chi connectivity index (χ1n) is 3.42. The molecule has 0 spiro atoms. The molecule has 0 aliphatic heterocycles.